The topological polar surface area (TPSA) is 58.9 Å². The summed E-state index contributed by atoms with van der Waals surface area (Å²) in [5.74, 6) is -0.108. The van der Waals surface area contributed by atoms with E-state index < -0.39 is 0 Å². The van der Waals surface area contributed by atoms with Crippen LogP contribution in [0.5, 0.6) is 0 Å². The van der Waals surface area contributed by atoms with Crippen molar-refractivity contribution in [3.8, 4) is 0 Å². The van der Waals surface area contributed by atoms with Gasteiger partial charge in [-0.15, -0.1) is 0 Å². The number of amides is 1. The van der Waals surface area contributed by atoms with Crippen molar-refractivity contribution < 1.29 is 9.53 Å². The molecule has 0 aromatic carbocycles. The van der Waals surface area contributed by atoms with Gasteiger partial charge in [0.1, 0.15) is 0 Å². The van der Waals surface area contributed by atoms with E-state index in [9.17, 15) is 4.79 Å². The van der Waals surface area contributed by atoms with E-state index in [0.717, 1.165) is 32.5 Å². The zero-order valence-corrected chi connectivity index (χ0v) is 8.61. The summed E-state index contributed by atoms with van der Waals surface area (Å²) in [6.45, 7) is 4.87. The largest absolute Gasteiger partial charge is 0.372 e. The highest BCUT2D eigenvalue weighted by molar-refractivity contribution is 5.76. The van der Waals surface area contributed by atoms with Crippen molar-refractivity contribution in [2.75, 3.05) is 19.7 Å². The van der Waals surface area contributed by atoms with E-state index >= 15 is 0 Å². The molecule has 2 heterocycles. The molecule has 4 nitrogen and oxygen atoms in total. The van der Waals surface area contributed by atoms with Crippen molar-refractivity contribution >= 4 is 5.91 Å². The number of rotatable bonds is 3. The fraction of sp³-hybridized carbons (Fsp3) is 0.900. The predicted molar refractivity (Wildman–Crippen MR) is 52.7 cm³/mol. The van der Waals surface area contributed by atoms with E-state index in [1.807, 2.05) is 0 Å². The molecule has 0 bridgehead atoms. The van der Waals surface area contributed by atoms with Gasteiger partial charge in [-0.25, -0.2) is 0 Å². The van der Waals surface area contributed by atoms with E-state index in [1.165, 1.54) is 0 Å². The van der Waals surface area contributed by atoms with Gasteiger partial charge < -0.3 is 10.5 Å². The molecular formula is C10H18N2O2. The van der Waals surface area contributed by atoms with Crippen LogP contribution >= 0.6 is 0 Å². The highest BCUT2D eigenvalue weighted by atomic mass is 16.6. The third-order valence-corrected chi connectivity index (χ3v) is 3.25. The van der Waals surface area contributed by atoms with Crippen LogP contribution in [0.25, 0.3) is 0 Å². The van der Waals surface area contributed by atoms with E-state index in [-0.39, 0.29) is 11.8 Å². The van der Waals surface area contributed by atoms with Crippen molar-refractivity contribution in [3.63, 3.8) is 0 Å². The Balaban J connectivity index is 1.88. The van der Waals surface area contributed by atoms with Gasteiger partial charge >= 0.3 is 0 Å². The Hall–Kier alpha value is -0.610. The van der Waals surface area contributed by atoms with Crippen LogP contribution in [-0.4, -0.2) is 42.6 Å². The lowest BCUT2D eigenvalue weighted by Crippen LogP contribution is -2.47. The van der Waals surface area contributed by atoms with Gasteiger partial charge in [0.15, 0.2) is 0 Å². The molecule has 2 fully saturated rings. The Bertz CT molecular complexity index is 228. The minimum atomic E-state index is -0.154. The molecule has 0 radical (unpaired) electrons. The predicted octanol–water partition coefficient (Wildman–Crippen LogP) is -0.0290. The number of carbonyl (C=O) groups is 1. The van der Waals surface area contributed by atoms with Crippen LogP contribution in [0.4, 0.5) is 0 Å². The van der Waals surface area contributed by atoms with Crippen LogP contribution in [-0.2, 0) is 9.53 Å². The molecule has 2 aliphatic heterocycles. The maximum absolute atomic E-state index is 11.1. The summed E-state index contributed by atoms with van der Waals surface area (Å²) >= 11 is 0. The Morgan fingerprint density at radius 1 is 1.57 bits per heavy atom. The van der Waals surface area contributed by atoms with Crippen molar-refractivity contribution in [1.82, 2.24) is 4.90 Å². The van der Waals surface area contributed by atoms with Gasteiger partial charge in [-0.2, -0.15) is 0 Å². The van der Waals surface area contributed by atoms with Gasteiger partial charge in [0, 0.05) is 19.1 Å². The number of nitrogens with zero attached hydrogens (tertiary/aromatic N) is 1. The molecule has 1 amide bonds. The zero-order valence-electron chi connectivity index (χ0n) is 8.61. The maximum Gasteiger partial charge on any atom is 0.221 e. The zero-order chi connectivity index (χ0) is 10.1. The summed E-state index contributed by atoms with van der Waals surface area (Å²) < 4.78 is 5.20. The van der Waals surface area contributed by atoms with Crippen LogP contribution in [0.2, 0.25) is 0 Å². The summed E-state index contributed by atoms with van der Waals surface area (Å²) in [4.78, 5) is 13.4. The summed E-state index contributed by atoms with van der Waals surface area (Å²) in [6, 6.07) is 0.565. The second-order valence-electron chi connectivity index (χ2n) is 4.43. The van der Waals surface area contributed by atoms with Crippen LogP contribution < -0.4 is 5.73 Å². The normalized spacial score (nSPS) is 38.2. The van der Waals surface area contributed by atoms with E-state index in [2.05, 4.69) is 11.8 Å². The summed E-state index contributed by atoms with van der Waals surface area (Å²) in [6.07, 6.45) is 2.42. The van der Waals surface area contributed by atoms with Crippen molar-refractivity contribution in [2.24, 2.45) is 11.7 Å². The molecule has 0 spiro atoms. The first-order valence-corrected chi connectivity index (χ1v) is 5.32. The van der Waals surface area contributed by atoms with E-state index in [0.29, 0.717) is 12.1 Å². The second-order valence-corrected chi connectivity index (χ2v) is 4.43. The molecular weight excluding hydrogens is 180 g/mol. The number of hydrogen-bond acceptors (Lipinski definition) is 3. The smallest absolute Gasteiger partial charge is 0.221 e. The quantitative estimate of drug-likeness (QED) is 0.648. The lowest BCUT2D eigenvalue weighted by atomic mass is 9.93. The fourth-order valence-corrected chi connectivity index (χ4v) is 2.10. The second kappa shape index (κ2) is 3.87. The average Bonchev–Trinajstić information content (AvgIpc) is 2.92. The minimum absolute atomic E-state index is 0.0462. The van der Waals surface area contributed by atoms with Gasteiger partial charge in [0.05, 0.1) is 18.6 Å². The van der Waals surface area contributed by atoms with Crippen LogP contribution in [0.15, 0.2) is 0 Å². The van der Waals surface area contributed by atoms with Crippen LogP contribution in [0, 0.1) is 5.92 Å². The van der Waals surface area contributed by atoms with Gasteiger partial charge in [-0.1, -0.05) is 0 Å². The Labute approximate surface area is 84.4 Å². The van der Waals surface area contributed by atoms with Gasteiger partial charge in [-0.05, 0) is 19.8 Å². The fourth-order valence-electron chi connectivity index (χ4n) is 2.10. The molecule has 2 N–H and O–H groups in total. The summed E-state index contributed by atoms with van der Waals surface area (Å²) in [7, 11) is 0. The van der Waals surface area contributed by atoms with Crippen LogP contribution in [0.1, 0.15) is 19.8 Å². The first kappa shape index (κ1) is 9.93. The first-order valence-electron chi connectivity index (χ1n) is 5.32. The number of ether oxygens (including phenoxy) is 1. The summed E-state index contributed by atoms with van der Waals surface area (Å²) in [5.41, 5.74) is 5.32. The number of likely N-dealkylation sites (tertiary alicyclic amines) is 1. The first-order chi connectivity index (χ1) is 6.66. The number of carbonyl (C=O) groups excluding carboxylic acids is 1. The Kier molecular flexibility index (Phi) is 2.74. The molecule has 4 heteroatoms. The lowest BCUT2D eigenvalue weighted by Gasteiger charge is -2.36. The van der Waals surface area contributed by atoms with Crippen molar-refractivity contribution in [3.05, 3.63) is 0 Å². The van der Waals surface area contributed by atoms with Gasteiger partial charge in [-0.3, -0.25) is 9.69 Å². The standard InChI is InChI=1S/C10H18N2O2/c1-7-2-3-8(10(11)13)4-12(7)5-9-6-14-9/h7-9H,2-6H2,1H3,(H2,11,13)/t7?,8?,9-/m0/s1. The molecule has 0 aromatic heterocycles. The SMILES string of the molecule is CC1CCC(C(N)=O)CN1C[C@H]1CO1. The molecule has 0 aromatic rings. The van der Waals surface area contributed by atoms with Crippen LogP contribution in [0.3, 0.4) is 0 Å². The monoisotopic (exact) mass is 198 g/mol. The van der Waals surface area contributed by atoms with Gasteiger partial charge in [0.2, 0.25) is 5.91 Å². The van der Waals surface area contributed by atoms with Crippen molar-refractivity contribution in [2.45, 2.75) is 31.9 Å². The summed E-state index contributed by atoms with van der Waals surface area (Å²) in [5, 5.41) is 0. The molecule has 2 saturated heterocycles. The van der Waals surface area contributed by atoms with Crippen molar-refractivity contribution in [1.29, 1.82) is 0 Å². The Morgan fingerprint density at radius 2 is 2.29 bits per heavy atom. The van der Waals surface area contributed by atoms with E-state index in [4.69, 9.17) is 10.5 Å². The molecule has 80 valence electrons. The average molecular weight is 198 g/mol. The number of epoxide rings is 1. The Morgan fingerprint density at radius 3 is 2.86 bits per heavy atom. The number of primary amides is 1. The lowest BCUT2D eigenvalue weighted by molar-refractivity contribution is -0.124. The highest BCUT2D eigenvalue weighted by Crippen LogP contribution is 2.23. The minimum Gasteiger partial charge on any atom is -0.372 e. The molecule has 2 unspecified atom stereocenters. The molecule has 3 atom stereocenters. The third kappa shape index (κ3) is 2.25. The molecule has 14 heavy (non-hydrogen) atoms. The van der Waals surface area contributed by atoms with E-state index in [1.54, 1.807) is 0 Å². The molecule has 0 saturated carbocycles. The third-order valence-electron chi connectivity index (χ3n) is 3.25. The molecule has 2 aliphatic rings. The maximum atomic E-state index is 11.1. The number of hydrogen-bond donors (Lipinski definition) is 1. The molecule has 0 aliphatic carbocycles. The van der Waals surface area contributed by atoms with Gasteiger partial charge in [0.25, 0.3) is 0 Å². The highest BCUT2D eigenvalue weighted by Gasteiger charge is 2.33. The number of piperidine rings is 1. The number of nitrogens with two attached hydrogens (primary N) is 1. The molecule has 2 rings (SSSR count).